The summed E-state index contributed by atoms with van der Waals surface area (Å²) in [6, 6.07) is 7.15. The van der Waals surface area contributed by atoms with Crippen molar-refractivity contribution >= 4 is 18.5 Å². The summed E-state index contributed by atoms with van der Waals surface area (Å²) in [6.45, 7) is 2.61. The molecule has 0 atom stereocenters. The van der Waals surface area contributed by atoms with Gasteiger partial charge in [-0.25, -0.2) is 0 Å². The van der Waals surface area contributed by atoms with Gasteiger partial charge in [-0.15, -0.1) is 12.6 Å². The third kappa shape index (κ3) is 7.20. The summed E-state index contributed by atoms with van der Waals surface area (Å²) >= 11 is 4.18. The van der Waals surface area contributed by atoms with Gasteiger partial charge in [0.1, 0.15) is 0 Å². The second kappa shape index (κ2) is 9.83. The van der Waals surface area contributed by atoms with E-state index in [1.807, 2.05) is 12.1 Å². The maximum atomic E-state index is 11.7. The molecule has 4 nitrogen and oxygen atoms in total. The molecule has 1 rings (SSSR count). The summed E-state index contributed by atoms with van der Waals surface area (Å²) < 4.78 is 10.2. The fraction of sp³-hybridized carbons (Fsp3) is 0.500. The maximum Gasteiger partial charge on any atom is 0.251 e. The zero-order valence-electron chi connectivity index (χ0n) is 11.2. The number of amides is 1. The second-order valence-electron chi connectivity index (χ2n) is 4.12. The monoisotopic (exact) mass is 283 g/mol. The summed E-state index contributed by atoms with van der Waals surface area (Å²) in [7, 11) is 1.65. The Morgan fingerprint density at radius 3 is 2.58 bits per heavy atom. The van der Waals surface area contributed by atoms with E-state index in [1.54, 1.807) is 19.2 Å². The molecule has 19 heavy (non-hydrogen) atoms. The van der Waals surface area contributed by atoms with Crippen LogP contribution in [0.1, 0.15) is 23.2 Å². The summed E-state index contributed by atoms with van der Waals surface area (Å²) in [5.41, 5.74) is 0.661. The first kappa shape index (κ1) is 16.0. The maximum absolute atomic E-state index is 11.7. The molecule has 0 saturated heterocycles. The molecular weight excluding hydrogens is 262 g/mol. The van der Waals surface area contributed by atoms with Crippen molar-refractivity contribution in [2.45, 2.75) is 17.7 Å². The van der Waals surface area contributed by atoms with Crippen LogP contribution in [0.2, 0.25) is 0 Å². The van der Waals surface area contributed by atoms with Gasteiger partial charge >= 0.3 is 0 Å². The number of methoxy groups -OCH3 is 1. The number of carbonyl (C=O) groups excluding carboxylic acids is 1. The summed E-state index contributed by atoms with van der Waals surface area (Å²) in [6.07, 6.45) is 1.84. The number of unbranched alkanes of at least 4 members (excludes halogenated alkanes) is 1. The molecule has 1 aromatic carbocycles. The third-order valence-electron chi connectivity index (χ3n) is 2.56. The van der Waals surface area contributed by atoms with Crippen LogP contribution in [0.5, 0.6) is 0 Å². The molecule has 5 heteroatoms. The Hall–Kier alpha value is -1.04. The highest BCUT2D eigenvalue weighted by Gasteiger charge is 2.03. The molecule has 0 bridgehead atoms. The minimum absolute atomic E-state index is 0.0476. The van der Waals surface area contributed by atoms with Gasteiger partial charge in [0.25, 0.3) is 5.91 Å². The molecule has 0 unspecified atom stereocenters. The van der Waals surface area contributed by atoms with Gasteiger partial charge in [-0.2, -0.15) is 0 Å². The Kier molecular flexibility index (Phi) is 8.29. The van der Waals surface area contributed by atoms with Gasteiger partial charge in [0.2, 0.25) is 0 Å². The molecule has 106 valence electrons. The van der Waals surface area contributed by atoms with E-state index in [0.717, 1.165) is 17.7 Å². The van der Waals surface area contributed by atoms with Gasteiger partial charge in [0, 0.05) is 30.7 Å². The van der Waals surface area contributed by atoms with E-state index in [2.05, 4.69) is 17.9 Å². The SMILES string of the molecule is COCCOCCCCNC(=O)c1ccc(S)cc1. The van der Waals surface area contributed by atoms with Crippen LogP contribution < -0.4 is 5.32 Å². The van der Waals surface area contributed by atoms with Crippen molar-refractivity contribution in [3.8, 4) is 0 Å². The Morgan fingerprint density at radius 1 is 1.16 bits per heavy atom. The van der Waals surface area contributed by atoms with Crippen LogP contribution in [0.4, 0.5) is 0 Å². The normalized spacial score (nSPS) is 10.4. The molecule has 0 fully saturated rings. The number of nitrogens with one attached hydrogen (secondary N) is 1. The fourth-order valence-corrected chi connectivity index (χ4v) is 1.64. The first-order valence-corrected chi connectivity index (χ1v) is 6.82. The molecule has 1 amide bonds. The van der Waals surface area contributed by atoms with Crippen molar-refractivity contribution in [2.75, 3.05) is 33.5 Å². The summed E-state index contributed by atoms with van der Waals surface area (Å²) in [5, 5.41) is 2.88. The number of thiol groups is 1. The van der Waals surface area contributed by atoms with Gasteiger partial charge < -0.3 is 14.8 Å². The van der Waals surface area contributed by atoms with E-state index in [4.69, 9.17) is 9.47 Å². The van der Waals surface area contributed by atoms with Gasteiger partial charge in [-0.1, -0.05) is 0 Å². The molecule has 0 radical (unpaired) electrons. The van der Waals surface area contributed by atoms with E-state index in [0.29, 0.717) is 31.9 Å². The van der Waals surface area contributed by atoms with E-state index in [9.17, 15) is 4.79 Å². The quantitative estimate of drug-likeness (QED) is 0.539. The lowest BCUT2D eigenvalue weighted by atomic mass is 10.2. The largest absolute Gasteiger partial charge is 0.382 e. The van der Waals surface area contributed by atoms with Gasteiger partial charge in [0.15, 0.2) is 0 Å². The van der Waals surface area contributed by atoms with Crippen LogP contribution in [0.25, 0.3) is 0 Å². The van der Waals surface area contributed by atoms with Crippen LogP contribution in [-0.2, 0) is 9.47 Å². The lowest BCUT2D eigenvalue weighted by molar-refractivity contribution is 0.0686. The van der Waals surface area contributed by atoms with Gasteiger partial charge in [-0.3, -0.25) is 4.79 Å². The lowest BCUT2D eigenvalue weighted by Gasteiger charge is -2.06. The Labute approximate surface area is 119 Å². The highest BCUT2D eigenvalue weighted by atomic mass is 32.1. The highest BCUT2D eigenvalue weighted by Crippen LogP contribution is 2.07. The molecule has 0 saturated carbocycles. The van der Waals surface area contributed by atoms with Crippen LogP contribution in [0, 0.1) is 0 Å². The van der Waals surface area contributed by atoms with Crippen LogP contribution in [-0.4, -0.2) is 39.4 Å². The van der Waals surface area contributed by atoms with Crippen molar-refractivity contribution in [1.29, 1.82) is 0 Å². The van der Waals surface area contributed by atoms with E-state index in [1.165, 1.54) is 0 Å². The fourth-order valence-electron chi connectivity index (χ4n) is 1.49. The molecule has 1 aromatic rings. The molecule has 1 N–H and O–H groups in total. The topological polar surface area (TPSA) is 47.6 Å². The first-order chi connectivity index (χ1) is 9.24. The average Bonchev–Trinajstić information content (AvgIpc) is 2.42. The van der Waals surface area contributed by atoms with Crippen molar-refractivity contribution < 1.29 is 14.3 Å². The molecule has 0 heterocycles. The predicted octanol–water partition coefficient (Wildman–Crippen LogP) is 2.15. The average molecular weight is 283 g/mol. The Balaban J connectivity index is 2.06. The van der Waals surface area contributed by atoms with Crippen molar-refractivity contribution in [3.05, 3.63) is 29.8 Å². The van der Waals surface area contributed by atoms with Crippen molar-refractivity contribution in [2.24, 2.45) is 0 Å². The minimum Gasteiger partial charge on any atom is -0.382 e. The van der Waals surface area contributed by atoms with Crippen molar-refractivity contribution in [1.82, 2.24) is 5.32 Å². The van der Waals surface area contributed by atoms with Gasteiger partial charge in [-0.05, 0) is 37.1 Å². The summed E-state index contributed by atoms with van der Waals surface area (Å²) in [5.74, 6) is -0.0476. The molecule has 0 aliphatic rings. The van der Waals surface area contributed by atoms with Gasteiger partial charge in [0.05, 0.1) is 13.2 Å². The smallest absolute Gasteiger partial charge is 0.251 e. The highest BCUT2D eigenvalue weighted by molar-refractivity contribution is 7.80. The van der Waals surface area contributed by atoms with E-state index < -0.39 is 0 Å². The predicted molar refractivity (Wildman–Crippen MR) is 78.0 cm³/mol. The third-order valence-corrected chi connectivity index (χ3v) is 2.86. The number of carbonyl (C=O) groups is 1. The molecule has 0 spiro atoms. The summed E-state index contributed by atoms with van der Waals surface area (Å²) in [4.78, 5) is 12.6. The van der Waals surface area contributed by atoms with Crippen LogP contribution in [0.3, 0.4) is 0 Å². The zero-order chi connectivity index (χ0) is 13.9. The number of hydrogen-bond acceptors (Lipinski definition) is 4. The molecule has 0 aromatic heterocycles. The lowest BCUT2D eigenvalue weighted by Crippen LogP contribution is -2.24. The number of ether oxygens (including phenoxy) is 2. The second-order valence-corrected chi connectivity index (χ2v) is 4.63. The Bertz CT molecular complexity index is 367. The van der Waals surface area contributed by atoms with E-state index >= 15 is 0 Å². The van der Waals surface area contributed by atoms with Crippen molar-refractivity contribution in [3.63, 3.8) is 0 Å². The molecule has 0 aliphatic carbocycles. The Morgan fingerprint density at radius 2 is 1.89 bits per heavy atom. The van der Waals surface area contributed by atoms with Crippen LogP contribution >= 0.6 is 12.6 Å². The standard InChI is InChI=1S/C14H21NO3S/c1-17-10-11-18-9-3-2-8-15-14(16)12-4-6-13(19)7-5-12/h4-7,19H,2-3,8-11H2,1H3,(H,15,16). The molecular formula is C14H21NO3S. The van der Waals surface area contributed by atoms with Crippen LogP contribution in [0.15, 0.2) is 29.2 Å². The zero-order valence-corrected chi connectivity index (χ0v) is 12.1. The number of hydrogen-bond donors (Lipinski definition) is 2. The minimum atomic E-state index is -0.0476. The first-order valence-electron chi connectivity index (χ1n) is 6.38. The number of rotatable bonds is 9. The van der Waals surface area contributed by atoms with E-state index in [-0.39, 0.29) is 5.91 Å². The molecule has 0 aliphatic heterocycles. The number of benzene rings is 1.